The zero-order valence-corrected chi connectivity index (χ0v) is 8.32. The topological polar surface area (TPSA) is 122 Å². The van der Waals surface area contributed by atoms with E-state index < -0.39 is 5.97 Å². The SMILES string of the molecule is CC(=O)OCc1cnnn1-c1nonc1N. The van der Waals surface area contributed by atoms with Crippen LogP contribution in [-0.2, 0) is 16.1 Å². The van der Waals surface area contributed by atoms with Crippen molar-refractivity contribution in [1.82, 2.24) is 25.3 Å². The Hall–Kier alpha value is -2.45. The molecule has 0 unspecified atom stereocenters. The molecule has 0 amide bonds. The van der Waals surface area contributed by atoms with Gasteiger partial charge in [0.1, 0.15) is 12.3 Å². The summed E-state index contributed by atoms with van der Waals surface area (Å²) in [7, 11) is 0. The summed E-state index contributed by atoms with van der Waals surface area (Å²) in [6.07, 6.45) is 1.43. The van der Waals surface area contributed by atoms with Crippen LogP contribution in [0.1, 0.15) is 12.6 Å². The number of hydrogen-bond donors (Lipinski definition) is 1. The van der Waals surface area contributed by atoms with Crippen LogP contribution in [0.25, 0.3) is 5.82 Å². The molecule has 2 rings (SSSR count). The van der Waals surface area contributed by atoms with Crippen LogP contribution in [0.2, 0.25) is 0 Å². The van der Waals surface area contributed by atoms with Crippen molar-refractivity contribution in [1.29, 1.82) is 0 Å². The minimum absolute atomic E-state index is 0.0225. The molecule has 0 bridgehead atoms. The Balaban J connectivity index is 2.26. The fourth-order valence-electron chi connectivity index (χ4n) is 1.05. The lowest BCUT2D eigenvalue weighted by molar-refractivity contribution is -0.142. The first-order valence-corrected chi connectivity index (χ1v) is 4.30. The van der Waals surface area contributed by atoms with Crippen LogP contribution in [0, 0.1) is 0 Å². The Kier molecular flexibility index (Phi) is 2.50. The molecule has 9 nitrogen and oxygen atoms in total. The van der Waals surface area contributed by atoms with E-state index >= 15 is 0 Å². The summed E-state index contributed by atoms with van der Waals surface area (Å²) >= 11 is 0. The number of carbonyl (C=O) groups excluding carboxylic acids is 1. The number of rotatable bonds is 3. The second kappa shape index (κ2) is 3.96. The van der Waals surface area contributed by atoms with Gasteiger partial charge in [-0.05, 0) is 10.3 Å². The minimum atomic E-state index is -0.404. The largest absolute Gasteiger partial charge is 0.459 e. The van der Waals surface area contributed by atoms with Crippen LogP contribution in [0.4, 0.5) is 5.82 Å². The second-order valence-electron chi connectivity index (χ2n) is 2.89. The highest BCUT2D eigenvalue weighted by molar-refractivity contribution is 5.65. The molecule has 0 aliphatic carbocycles. The van der Waals surface area contributed by atoms with Gasteiger partial charge in [-0.2, -0.15) is 4.68 Å². The van der Waals surface area contributed by atoms with E-state index in [1.807, 2.05) is 0 Å². The van der Waals surface area contributed by atoms with Gasteiger partial charge in [-0.25, -0.2) is 4.63 Å². The third-order valence-electron chi connectivity index (χ3n) is 1.74. The van der Waals surface area contributed by atoms with Crippen LogP contribution in [0.15, 0.2) is 10.8 Å². The van der Waals surface area contributed by atoms with Crippen LogP contribution in [-0.4, -0.2) is 31.3 Å². The van der Waals surface area contributed by atoms with Crippen LogP contribution < -0.4 is 5.73 Å². The van der Waals surface area contributed by atoms with Crippen molar-refractivity contribution in [2.24, 2.45) is 0 Å². The zero-order valence-electron chi connectivity index (χ0n) is 8.32. The average molecular weight is 224 g/mol. The van der Waals surface area contributed by atoms with Crippen molar-refractivity contribution in [2.45, 2.75) is 13.5 Å². The molecule has 84 valence electrons. The molecule has 2 heterocycles. The highest BCUT2D eigenvalue weighted by Crippen LogP contribution is 2.12. The summed E-state index contributed by atoms with van der Waals surface area (Å²) in [6.45, 7) is 1.33. The van der Waals surface area contributed by atoms with Gasteiger partial charge in [0, 0.05) is 6.92 Å². The molecule has 0 spiro atoms. The van der Waals surface area contributed by atoms with Crippen molar-refractivity contribution in [2.75, 3.05) is 5.73 Å². The van der Waals surface area contributed by atoms with Crippen molar-refractivity contribution in [3.63, 3.8) is 0 Å². The Morgan fingerprint density at radius 1 is 1.62 bits per heavy atom. The predicted molar refractivity (Wildman–Crippen MR) is 49.1 cm³/mol. The predicted octanol–water partition coefficient (Wildman–Crippen LogP) is -0.704. The molecule has 0 aromatic carbocycles. The van der Waals surface area contributed by atoms with Crippen molar-refractivity contribution in [3.05, 3.63) is 11.9 Å². The molecule has 9 heteroatoms. The van der Waals surface area contributed by atoms with E-state index in [1.165, 1.54) is 17.8 Å². The van der Waals surface area contributed by atoms with E-state index in [2.05, 4.69) is 25.3 Å². The van der Waals surface area contributed by atoms with Crippen molar-refractivity contribution in [3.8, 4) is 5.82 Å². The molecular formula is C7H8N6O3. The van der Waals surface area contributed by atoms with Gasteiger partial charge >= 0.3 is 5.97 Å². The number of hydrogen-bond acceptors (Lipinski definition) is 8. The first-order valence-electron chi connectivity index (χ1n) is 4.30. The quantitative estimate of drug-likeness (QED) is 0.678. The fourth-order valence-corrected chi connectivity index (χ4v) is 1.05. The van der Waals surface area contributed by atoms with Gasteiger partial charge in [-0.1, -0.05) is 5.21 Å². The molecule has 0 fully saturated rings. The van der Waals surface area contributed by atoms with Crippen molar-refractivity contribution < 1.29 is 14.2 Å². The van der Waals surface area contributed by atoms with Crippen molar-refractivity contribution >= 4 is 11.8 Å². The van der Waals surface area contributed by atoms with Gasteiger partial charge in [0.15, 0.2) is 0 Å². The molecule has 0 atom stereocenters. The fraction of sp³-hybridized carbons (Fsp3) is 0.286. The zero-order chi connectivity index (χ0) is 11.5. The Labute approximate surface area is 89.1 Å². The molecule has 0 radical (unpaired) electrons. The Morgan fingerprint density at radius 2 is 2.44 bits per heavy atom. The summed E-state index contributed by atoms with van der Waals surface area (Å²) in [6, 6.07) is 0. The Bertz CT molecular complexity index is 504. The van der Waals surface area contributed by atoms with Crippen LogP contribution in [0.5, 0.6) is 0 Å². The number of ether oxygens (including phenoxy) is 1. The monoisotopic (exact) mass is 224 g/mol. The number of nitrogens with zero attached hydrogens (tertiary/aromatic N) is 5. The summed E-state index contributed by atoms with van der Waals surface area (Å²) in [5.41, 5.74) is 6.00. The first kappa shape index (κ1) is 10.1. The van der Waals surface area contributed by atoms with E-state index in [0.29, 0.717) is 5.69 Å². The molecule has 2 aromatic rings. The molecule has 2 N–H and O–H groups in total. The van der Waals surface area contributed by atoms with Gasteiger partial charge in [0.2, 0.25) is 11.6 Å². The van der Waals surface area contributed by atoms with Crippen LogP contribution in [0.3, 0.4) is 0 Å². The standard InChI is InChI=1S/C7H8N6O3/c1-4(14)15-3-5-2-9-12-13(5)7-6(8)10-16-11-7/h2H,3H2,1H3,(H2,8,10). The molecule has 0 aliphatic rings. The first-order chi connectivity index (χ1) is 7.68. The normalized spacial score (nSPS) is 10.3. The van der Waals surface area contributed by atoms with Gasteiger partial charge in [-0.3, -0.25) is 4.79 Å². The number of aromatic nitrogens is 5. The van der Waals surface area contributed by atoms with Gasteiger partial charge in [0.05, 0.1) is 6.20 Å². The molecule has 2 aromatic heterocycles. The minimum Gasteiger partial charge on any atom is -0.459 e. The maximum atomic E-state index is 10.7. The summed E-state index contributed by atoms with van der Waals surface area (Å²) in [5.74, 6) is -0.117. The number of nitrogen functional groups attached to an aromatic ring is 1. The lowest BCUT2D eigenvalue weighted by Crippen LogP contribution is -2.08. The Morgan fingerprint density at radius 3 is 3.06 bits per heavy atom. The van der Waals surface area contributed by atoms with Gasteiger partial charge in [0.25, 0.3) is 0 Å². The van der Waals surface area contributed by atoms with E-state index in [-0.39, 0.29) is 18.2 Å². The lowest BCUT2D eigenvalue weighted by atomic mass is 10.5. The molecule has 0 saturated carbocycles. The summed E-state index contributed by atoms with van der Waals surface area (Å²) in [5, 5.41) is 14.3. The van der Waals surface area contributed by atoms with Crippen LogP contribution >= 0.6 is 0 Å². The molecular weight excluding hydrogens is 216 g/mol. The number of nitrogens with two attached hydrogens (primary N) is 1. The highest BCUT2D eigenvalue weighted by Gasteiger charge is 2.14. The summed E-state index contributed by atoms with van der Waals surface area (Å²) in [4.78, 5) is 10.7. The second-order valence-corrected chi connectivity index (χ2v) is 2.89. The maximum absolute atomic E-state index is 10.7. The maximum Gasteiger partial charge on any atom is 0.303 e. The third kappa shape index (κ3) is 1.82. The molecule has 0 saturated heterocycles. The van der Waals surface area contributed by atoms with E-state index in [9.17, 15) is 4.79 Å². The van der Waals surface area contributed by atoms with Gasteiger partial charge < -0.3 is 10.5 Å². The number of anilines is 1. The smallest absolute Gasteiger partial charge is 0.303 e. The molecule has 0 aliphatic heterocycles. The van der Waals surface area contributed by atoms with E-state index in [0.717, 1.165) is 0 Å². The summed E-state index contributed by atoms with van der Waals surface area (Å²) < 4.78 is 10.5. The number of carbonyl (C=O) groups is 1. The van der Waals surface area contributed by atoms with E-state index in [1.54, 1.807) is 0 Å². The van der Waals surface area contributed by atoms with Gasteiger partial charge in [-0.15, -0.1) is 5.10 Å². The third-order valence-corrected chi connectivity index (χ3v) is 1.74. The highest BCUT2D eigenvalue weighted by atomic mass is 16.6. The van der Waals surface area contributed by atoms with E-state index in [4.69, 9.17) is 10.5 Å². The molecule has 16 heavy (non-hydrogen) atoms. The average Bonchev–Trinajstić information content (AvgIpc) is 2.82. The number of esters is 1. The lowest BCUT2D eigenvalue weighted by Gasteiger charge is -2.02.